The minimum Gasteiger partial charge on any atom is -0.380 e. The molecular formula is C13H20N2O. The maximum atomic E-state index is 5.45. The summed E-state index contributed by atoms with van der Waals surface area (Å²) in [6, 6.07) is 4.01. The minimum absolute atomic E-state index is 0.761. The van der Waals surface area contributed by atoms with Crippen LogP contribution < -0.4 is 5.32 Å². The van der Waals surface area contributed by atoms with Crippen molar-refractivity contribution < 1.29 is 4.74 Å². The molecular weight excluding hydrogens is 200 g/mol. The first-order valence-corrected chi connectivity index (χ1v) is 5.71. The van der Waals surface area contributed by atoms with Crippen LogP contribution in [-0.2, 0) is 11.3 Å². The molecule has 88 valence electrons. The number of aromatic nitrogens is 1. The highest BCUT2D eigenvalue weighted by molar-refractivity contribution is 5.07. The molecule has 0 unspecified atom stereocenters. The van der Waals surface area contributed by atoms with Gasteiger partial charge in [-0.15, -0.1) is 6.58 Å². The molecule has 0 radical (unpaired) electrons. The Labute approximate surface area is 97.5 Å². The molecule has 0 saturated carbocycles. The molecule has 0 amide bonds. The molecule has 0 bridgehead atoms. The quantitative estimate of drug-likeness (QED) is 0.511. The second-order valence-corrected chi connectivity index (χ2v) is 3.58. The summed E-state index contributed by atoms with van der Waals surface area (Å²) in [7, 11) is 0. The van der Waals surface area contributed by atoms with E-state index in [1.165, 1.54) is 5.56 Å². The lowest BCUT2D eigenvalue weighted by Crippen LogP contribution is -2.19. The zero-order chi connectivity index (χ0) is 11.5. The first-order chi connectivity index (χ1) is 7.93. The van der Waals surface area contributed by atoms with E-state index in [1.54, 1.807) is 6.20 Å². The fourth-order valence-electron chi connectivity index (χ4n) is 1.31. The van der Waals surface area contributed by atoms with Gasteiger partial charge in [-0.1, -0.05) is 12.1 Å². The Morgan fingerprint density at radius 3 is 3.12 bits per heavy atom. The Kier molecular flexibility index (Phi) is 7.30. The predicted octanol–water partition coefficient (Wildman–Crippen LogP) is 2.15. The maximum Gasteiger partial charge on any atom is 0.0591 e. The fraction of sp³-hybridized carbons (Fsp3) is 0.462. The van der Waals surface area contributed by atoms with Crippen LogP contribution in [0.1, 0.15) is 18.4 Å². The molecule has 1 rings (SSSR count). The zero-order valence-corrected chi connectivity index (χ0v) is 9.69. The van der Waals surface area contributed by atoms with Gasteiger partial charge in [-0.3, -0.25) is 4.98 Å². The lowest BCUT2D eigenvalue weighted by molar-refractivity contribution is 0.134. The van der Waals surface area contributed by atoms with Crippen LogP contribution in [0.25, 0.3) is 0 Å². The summed E-state index contributed by atoms with van der Waals surface area (Å²) in [5, 5.41) is 3.31. The molecule has 3 heteroatoms. The molecule has 0 spiro atoms. The smallest absolute Gasteiger partial charge is 0.0591 e. The van der Waals surface area contributed by atoms with Crippen LogP contribution in [0.5, 0.6) is 0 Å². The molecule has 0 fully saturated rings. The number of hydrogen-bond donors (Lipinski definition) is 1. The summed E-state index contributed by atoms with van der Waals surface area (Å²) in [4.78, 5) is 4.05. The van der Waals surface area contributed by atoms with Crippen molar-refractivity contribution >= 4 is 0 Å². The molecule has 1 N–H and O–H groups in total. The van der Waals surface area contributed by atoms with Gasteiger partial charge >= 0.3 is 0 Å². The summed E-state index contributed by atoms with van der Waals surface area (Å²) < 4.78 is 5.45. The largest absolute Gasteiger partial charge is 0.380 e. The van der Waals surface area contributed by atoms with E-state index in [4.69, 9.17) is 4.74 Å². The van der Waals surface area contributed by atoms with Crippen LogP contribution in [0.3, 0.4) is 0 Å². The van der Waals surface area contributed by atoms with Gasteiger partial charge in [-0.05, 0) is 24.5 Å². The van der Waals surface area contributed by atoms with E-state index in [1.807, 2.05) is 18.3 Å². The van der Waals surface area contributed by atoms with E-state index in [9.17, 15) is 0 Å². The van der Waals surface area contributed by atoms with E-state index < -0.39 is 0 Å². The van der Waals surface area contributed by atoms with E-state index in [0.29, 0.717) is 0 Å². The number of rotatable bonds is 9. The lowest BCUT2D eigenvalue weighted by Gasteiger charge is -2.05. The summed E-state index contributed by atoms with van der Waals surface area (Å²) >= 11 is 0. The van der Waals surface area contributed by atoms with Gasteiger partial charge in [0.25, 0.3) is 0 Å². The highest BCUT2D eigenvalue weighted by Gasteiger charge is 1.91. The maximum absolute atomic E-state index is 5.45. The number of ether oxygens (including phenoxy) is 1. The molecule has 0 aromatic carbocycles. The summed E-state index contributed by atoms with van der Waals surface area (Å²) in [5.41, 5.74) is 1.20. The van der Waals surface area contributed by atoms with Crippen molar-refractivity contribution in [1.82, 2.24) is 10.3 Å². The van der Waals surface area contributed by atoms with Crippen molar-refractivity contribution in [3.8, 4) is 0 Å². The van der Waals surface area contributed by atoms with Crippen LogP contribution in [-0.4, -0.2) is 24.7 Å². The second-order valence-electron chi connectivity index (χ2n) is 3.58. The lowest BCUT2D eigenvalue weighted by atomic mass is 10.3. The van der Waals surface area contributed by atoms with Crippen molar-refractivity contribution in [1.29, 1.82) is 0 Å². The molecule has 1 heterocycles. The van der Waals surface area contributed by atoms with Crippen molar-refractivity contribution in [2.45, 2.75) is 19.4 Å². The second kappa shape index (κ2) is 9.07. The average Bonchev–Trinajstić information content (AvgIpc) is 2.34. The van der Waals surface area contributed by atoms with Crippen LogP contribution in [0, 0.1) is 0 Å². The third kappa shape index (κ3) is 6.32. The van der Waals surface area contributed by atoms with Gasteiger partial charge in [0.2, 0.25) is 0 Å². The monoisotopic (exact) mass is 220 g/mol. The normalized spacial score (nSPS) is 10.2. The molecule has 0 atom stereocenters. The van der Waals surface area contributed by atoms with Crippen molar-refractivity contribution in [3.05, 3.63) is 42.7 Å². The van der Waals surface area contributed by atoms with E-state index >= 15 is 0 Å². The standard InChI is InChI=1S/C13H20N2O/c1-2-3-4-9-16-10-8-15-12-13-6-5-7-14-11-13/h2,5-7,11,15H,1,3-4,8-10,12H2. The highest BCUT2D eigenvalue weighted by Crippen LogP contribution is 1.94. The first-order valence-electron chi connectivity index (χ1n) is 5.71. The van der Waals surface area contributed by atoms with Crippen molar-refractivity contribution in [3.63, 3.8) is 0 Å². The Bertz CT molecular complexity index is 275. The number of nitrogens with zero attached hydrogens (tertiary/aromatic N) is 1. The molecule has 0 saturated heterocycles. The minimum atomic E-state index is 0.761. The van der Waals surface area contributed by atoms with Gasteiger partial charge in [0.05, 0.1) is 6.61 Å². The average molecular weight is 220 g/mol. The predicted molar refractivity (Wildman–Crippen MR) is 66.2 cm³/mol. The third-order valence-electron chi connectivity index (χ3n) is 2.17. The van der Waals surface area contributed by atoms with Gasteiger partial charge in [0.1, 0.15) is 0 Å². The summed E-state index contributed by atoms with van der Waals surface area (Å²) in [6.45, 7) is 6.98. The van der Waals surface area contributed by atoms with Crippen molar-refractivity contribution in [2.24, 2.45) is 0 Å². The zero-order valence-electron chi connectivity index (χ0n) is 9.69. The molecule has 3 nitrogen and oxygen atoms in total. The van der Waals surface area contributed by atoms with Crippen LogP contribution in [0.15, 0.2) is 37.2 Å². The van der Waals surface area contributed by atoms with Crippen LogP contribution in [0.2, 0.25) is 0 Å². The van der Waals surface area contributed by atoms with Crippen LogP contribution >= 0.6 is 0 Å². The number of hydrogen-bond acceptors (Lipinski definition) is 3. The number of allylic oxidation sites excluding steroid dienone is 1. The number of pyridine rings is 1. The third-order valence-corrected chi connectivity index (χ3v) is 2.17. The summed E-state index contributed by atoms with van der Waals surface area (Å²) in [6.07, 6.45) is 7.67. The van der Waals surface area contributed by atoms with Gasteiger partial charge in [0.15, 0.2) is 0 Å². The fourth-order valence-corrected chi connectivity index (χ4v) is 1.31. The molecule has 16 heavy (non-hydrogen) atoms. The Hall–Kier alpha value is -1.19. The van der Waals surface area contributed by atoms with Crippen molar-refractivity contribution in [2.75, 3.05) is 19.8 Å². The SMILES string of the molecule is C=CCCCOCCNCc1cccnc1. The molecule has 0 aliphatic heterocycles. The van der Waals surface area contributed by atoms with Gasteiger partial charge in [-0.2, -0.15) is 0 Å². The number of unbranched alkanes of at least 4 members (excludes halogenated alkanes) is 1. The molecule has 1 aromatic heterocycles. The highest BCUT2D eigenvalue weighted by atomic mass is 16.5. The van der Waals surface area contributed by atoms with Gasteiger partial charge in [-0.25, -0.2) is 0 Å². The summed E-state index contributed by atoms with van der Waals surface area (Å²) in [5.74, 6) is 0. The topological polar surface area (TPSA) is 34.1 Å². The van der Waals surface area contributed by atoms with E-state index in [0.717, 1.165) is 39.1 Å². The molecule has 0 aliphatic carbocycles. The van der Waals surface area contributed by atoms with Gasteiger partial charge < -0.3 is 10.1 Å². The van der Waals surface area contributed by atoms with E-state index in [2.05, 4.69) is 22.9 Å². The van der Waals surface area contributed by atoms with Gasteiger partial charge in [0, 0.05) is 32.1 Å². The first kappa shape index (κ1) is 12.9. The van der Waals surface area contributed by atoms with E-state index in [-0.39, 0.29) is 0 Å². The Balaban J connectivity index is 1.90. The number of nitrogens with one attached hydrogen (secondary N) is 1. The Morgan fingerprint density at radius 2 is 2.38 bits per heavy atom. The Morgan fingerprint density at radius 1 is 1.44 bits per heavy atom. The molecule has 1 aromatic rings. The molecule has 0 aliphatic rings. The van der Waals surface area contributed by atoms with Crippen LogP contribution in [0.4, 0.5) is 0 Å².